The molecule has 2 aromatic carbocycles. The number of imidazole rings is 1. The van der Waals surface area contributed by atoms with E-state index in [4.69, 9.17) is 9.47 Å². The number of methoxy groups -OCH3 is 1. The maximum absolute atomic E-state index is 12.9. The summed E-state index contributed by atoms with van der Waals surface area (Å²) in [6, 6.07) is 16.2. The number of rotatable bonds is 4. The first-order valence-electron chi connectivity index (χ1n) is 8.99. The molecular weight excluding hydrogens is 420 g/mol. The fourth-order valence-electron chi connectivity index (χ4n) is 3.17. The van der Waals surface area contributed by atoms with Crippen LogP contribution in [0.2, 0.25) is 0 Å². The molecule has 0 amide bonds. The van der Waals surface area contributed by atoms with Crippen LogP contribution in [0.25, 0.3) is 22.1 Å². The minimum absolute atomic E-state index is 0.115. The number of esters is 1. The van der Waals surface area contributed by atoms with Gasteiger partial charge >= 0.3 is 5.97 Å². The number of nitrogens with zero attached hydrogens (tertiary/aromatic N) is 2. The summed E-state index contributed by atoms with van der Waals surface area (Å²) in [5, 5.41) is 1.81. The lowest BCUT2D eigenvalue weighted by atomic mass is 10.2. The highest BCUT2D eigenvalue weighted by molar-refractivity contribution is 7.15. The van der Waals surface area contributed by atoms with Crippen molar-refractivity contribution in [2.75, 3.05) is 7.11 Å². The summed E-state index contributed by atoms with van der Waals surface area (Å²) in [6.07, 6.45) is 1.78. The molecule has 0 radical (unpaired) electrons. The molecule has 0 saturated carbocycles. The summed E-state index contributed by atoms with van der Waals surface area (Å²) in [5.74, 6) is 0.295. The molecule has 0 spiro atoms. The molecule has 0 aliphatic carbocycles. The molecule has 5 aromatic rings. The summed E-state index contributed by atoms with van der Waals surface area (Å²) in [5.41, 5.74) is 2.23. The van der Waals surface area contributed by atoms with Crippen LogP contribution >= 0.6 is 22.7 Å². The summed E-state index contributed by atoms with van der Waals surface area (Å²) < 4.78 is 13.0. The standard InChI is InChI=1S/C22H14N2O4S2/c1-27-17-11-13(8-9-16(17)28-21(26)18-7-4-10-29-18)12-19-20(25)24-15-6-3-2-5-14(15)23-22(24)30-19/h2-12H,1H3. The fraction of sp³-hybridized carbons (Fsp3) is 0.0455. The summed E-state index contributed by atoms with van der Waals surface area (Å²) >= 11 is 2.64. The SMILES string of the molecule is COc1cc(C=c2sc3nc4ccccc4n3c2=O)ccc1OC(=O)c1cccs1. The van der Waals surface area contributed by atoms with Crippen LogP contribution in [-0.2, 0) is 0 Å². The Balaban J connectivity index is 1.53. The number of benzene rings is 2. The third-order valence-electron chi connectivity index (χ3n) is 4.56. The maximum Gasteiger partial charge on any atom is 0.353 e. The lowest BCUT2D eigenvalue weighted by molar-refractivity contribution is 0.0735. The molecular formula is C22H14N2O4S2. The number of aromatic nitrogens is 2. The van der Waals surface area contributed by atoms with Gasteiger partial charge in [-0.15, -0.1) is 11.3 Å². The van der Waals surface area contributed by atoms with E-state index in [2.05, 4.69) is 4.98 Å². The lowest BCUT2D eigenvalue weighted by Gasteiger charge is -2.09. The third-order valence-corrected chi connectivity index (χ3v) is 6.37. The van der Waals surface area contributed by atoms with Crippen molar-refractivity contribution in [3.05, 3.63) is 85.3 Å². The van der Waals surface area contributed by atoms with E-state index in [1.54, 1.807) is 40.8 Å². The van der Waals surface area contributed by atoms with Crippen LogP contribution in [0, 0.1) is 0 Å². The number of hydrogen-bond acceptors (Lipinski definition) is 7. The molecule has 3 heterocycles. The van der Waals surface area contributed by atoms with Crippen LogP contribution in [0.3, 0.4) is 0 Å². The Labute approximate surface area is 178 Å². The average molecular weight is 434 g/mol. The highest BCUT2D eigenvalue weighted by atomic mass is 32.1. The predicted octanol–water partition coefficient (Wildman–Crippen LogP) is 3.75. The Morgan fingerprint density at radius 1 is 1.10 bits per heavy atom. The second kappa shape index (κ2) is 7.40. The van der Waals surface area contributed by atoms with Crippen molar-refractivity contribution in [2.45, 2.75) is 0 Å². The molecule has 30 heavy (non-hydrogen) atoms. The normalized spacial score (nSPS) is 12.0. The van der Waals surface area contributed by atoms with Gasteiger partial charge in [-0.3, -0.25) is 4.79 Å². The zero-order valence-corrected chi connectivity index (χ0v) is 17.3. The molecule has 0 saturated heterocycles. The second-order valence-corrected chi connectivity index (χ2v) is 8.37. The van der Waals surface area contributed by atoms with Crippen molar-refractivity contribution in [3.8, 4) is 11.5 Å². The smallest absolute Gasteiger partial charge is 0.353 e. The van der Waals surface area contributed by atoms with Crippen LogP contribution in [-0.4, -0.2) is 22.5 Å². The van der Waals surface area contributed by atoms with Gasteiger partial charge in [-0.1, -0.05) is 35.6 Å². The maximum atomic E-state index is 12.9. The summed E-state index contributed by atoms with van der Waals surface area (Å²) in [7, 11) is 1.51. The Bertz CT molecular complexity index is 1500. The largest absolute Gasteiger partial charge is 0.493 e. The van der Waals surface area contributed by atoms with Crippen molar-refractivity contribution >= 4 is 50.7 Å². The van der Waals surface area contributed by atoms with Crippen molar-refractivity contribution in [1.82, 2.24) is 9.38 Å². The van der Waals surface area contributed by atoms with Crippen molar-refractivity contribution in [2.24, 2.45) is 0 Å². The highest BCUT2D eigenvalue weighted by Gasteiger charge is 2.14. The van der Waals surface area contributed by atoms with Gasteiger partial charge in [0, 0.05) is 0 Å². The molecule has 0 unspecified atom stereocenters. The van der Waals surface area contributed by atoms with Crippen LogP contribution in [0.5, 0.6) is 11.5 Å². The van der Waals surface area contributed by atoms with E-state index in [1.807, 2.05) is 29.6 Å². The van der Waals surface area contributed by atoms with E-state index >= 15 is 0 Å². The quantitative estimate of drug-likeness (QED) is 0.318. The molecule has 8 heteroatoms. The van der Waals surface area contributed by atoms with E-state index in [9.17, 15) is 9.59 Å². The molecule has 0 fully saturated rings. The minimum atomic E-state index is -0.437. The lowest BCUT2D eigenvalue weighted by Crippen LogP contribution is -2.22. The number of para-hydroxylation sites is 2. The van der Waals surface area contributed by atoms with Gasteiger partial charge in [0.2, 0.25) is 0 Å². The van der Waals surface area contributed by atoms with Crippen molar-refractivity contribution in [1.29, 1.82) is 0 Å². The number of carbonyl (C=O) groups is 1. The van der Waals surface area contributed by atoms with Crippen molar-refractivity contribution < 1.29 is 14.3 Å². The van der Waals surface area contributed by atoms with Gasteiger partial charge in [-0.25, -0.2) is 14.2 Å². The second-order valence-electron chi connectivity index (χ2n) is 6.41. The Kier molecular flexibility index (Phi) is 4.57. The molecule has 6 nitrogen and oxygen atoms in total. The van der Waals surface area contributed by atoms with Gasteiger partial charge in [-0.2, -0.15) is 0 Å². The third kappa shape index (κ3) is 3.16. The first-order chi connectivity index (χ1) is 14.6. The van der Waals surface area contributed by atoms with Gasteiger partial charge < -0.3 is 9.47 Å². The number of thiophene rings is 1. The van der Waals surface area contributed by atoms with Crippen LogP contribution in [0.4, 0.5) is 0 Å². The van der Waals surface area contributed by atoms with Gasteiger partial charge in [0.25, 0.3) is 5.56 Å². The first-order valence-corrected chi connectivity index (χ1v) is 10.7. The van der Waals surface area contributed by atoms with E-state index in [1.165, 1.54) is 29.8 Å². The topological polar surface area (TPSA) is 69.9 Å². The predicted molar refractivity (Wildman–Crippen MR) is 118 cm³/mol. The highest BCUT2D eigenvalue weighted by Crippen LogP contribution is 2.29. The zero-order valence-electron chi connectivity index (χ0n) is 15.7. The number of carbonyl (C=O) groups excluding carboxylic acids is 1. The average Bonchev–Trinajstić information content (AvgIpc) is 3.47. The van der Waals surface area contributed by atoms with E-state index in [0.717, 1.165) is 16.6 Å². The molecule has 148 valence electrons. The van der Waals surface area contributed by atoms with E-state index in [-0.39, 0.29) is 5.56 Å². The molecule has 0 N–H and O–H groups in total. The minimum Gasteiger partial charge on any atom is -0.493 e. The zero-order chi connectivity index (χ0) is 20.7. The molecule has 0 bridgehead atoms. The van der Waals surface area contributed by atoms with Gasteiger partial charge in [0.05, 0.1) is 22.7 Å². The fourth-order valence-corrected chi connectivity index (χ4v) is 4.75. The molecule has 5 rings (SSSR count). The van der Waals surface area contributed by atoms with Crippen molar-refractivity contribution in [3.63, 3.8) is 0 Å². The van der Waals surface area contributed by atoms with Crippen LogP contribution in [0.1, 0.15) is 15.2 Å². The molecule has 0 aliphatic heterocycles. The van der Waals surface area contributed by atoms with Gasteiger partial charge in [-0.05, 0) is 47.4 Å². The molecule has 0 aliphatic rings. The molecule has 0 atom stereocenters. The molecule has 3 aromatic heterocycles. The summed E-state index contributed by atoms with van der Waals surface area (Å²) in [6.45, 7) is 0. The summed E-state index contributed by atoms with van der Waals surface area (Å²) in [4.78, 5) is 30.8. The Hall–Kier alpha value is -3.49. The Morgan fingerprint density at radius 2 is 1.97 bits per heavy atom. The van der Waals surface area contributed by atoms with Gasteiger partial charge in [0.15, 0.2) is 16.5 Å². The number of hydrogen-bond donors (Lipinski definition) is 0. The van der Waals surface area contributed by atoms with E-state index in [0.29, 0.717) is 25.9 Å². The van der Waals surface area contributed by atoms with Crippen LogP contribution < -0.4 is 19.6 Å². The van der Waals surface area contributed by atoms with Crippen LogP contribution in [0.15, 0.2) is 64.8 Å². The number of fused-ring (bicyclic) bond motifs is 3. The first kappa shape index (κ1) is 18.5. The number of thiazole rings is 1. The Morgan fingerprint density at radius 3 is 2.77 bits per heavy atom. The number of ether oxygens (including phenoxy) is 2. The van der Waals surface area contributed by atoms with Gasteiger partial charge in [0.1, 0.15) is 4.88 Å². The monoisotopic (exact) mass is 434 g/mol. The van der Waals surface area contributed by atoms with E-state index < -0.39 is 5.97 Å².